The topological polar surface area (TPSA) is 29.1 Å². The largest absolute Gasteiger partial charge is 0.356 e. The third kappa shape index (κ3) is 4.49. The van der Waals surface area contributed by atoms with Crippen molar-refractivity contribution in [3.8, 4) is 0 Å². The van der Waals surface area contributed by atoms with Crippen molar-refractivity contribution in [2.75, 3.05) is 6.54 Å². The lowest BCUT2D eigenvalue weighted by molar-refractivity contribution is -0.122. The maximum absolute atomic E-state index is 11.7. The molecule has 134 valence electrons. The molecule has 1 fully saturated rings. The molecule has 1 aliphatic rings. The molecule has 3 aromatic rings. The van der Waals surface area contributed by atoms with E-state index in [-0.39, 0.29) is 5.91 Å². The first-order chi connectivity index (χ1) is 12.8. The molecule has 0 atom stereocenters. The monoisotopic (exact) mass is 381 g/mol. The summed E-state index contributed by atoms with van der Waals surface area (Å²) < 4.78 is 1.35. The lowest BCUT2D eigenvalue weighted by atomic mass is 10.1. The molecule has 2 aromatic carbocycles. The average Bonchev–Trinajstić information content (AvgIpc) is 3.46. The number of hydrogen-bond acceptors (Lipinski definition) is 3. The summed E-state index contributed by atoms with van der Waals surface area (Å²) in [6.07, 6.45) is 4.18. The molecule has 1 aromatic heterocycles. The number of carbonyl (C=O) groups excluding carboxylic acids is 1. The van der Waals surface area contributed by atoms with Crippen LogP contribution in [-0.2, 0) is 17.0 Å². The Morgan fingerprint density at radius 3 is 2.81 bits per heavy atom. The van der Waals surface area contributed by atoms with Crippen LogP contribution in [0.15, 0.2) is 58.8 Å². The molecule has 1 amide bonds. The zero-order valence-electron chi connectivity index (χ0n) is 14.7. The van der Waals surface area contributed by atoms with Crippen molar-refractivity contribution in [1.82, 2.24) is 5.32 Å². The van der Waals surface area contributed by atoms with Crippen molar-refractivity contribution in [1.29, 1.82) is 0 Å². The van der Waals surface area contributed by atoms with Gasteiger partial charge >= 0.3 is 0 Å². The second-order valence-electron chi connectivity index (χ2n) is 6.86. The molecule has 0 saturated heterocycles. The number of aryl methyl sites for hydroxylation is 1. The number of hydrogen-bond donors (Lipinski definition) is 1. The summed E-state index contributed by atoms with van der Waals surface area (Å²) in [6, 6.07) is 17.4. The third-order valence-corrected chi connectivity index (χ3v) is 6.82. The van der Waals surface area contributed by atoms with Crippen LogP contribution in [0.2, 0.25) is 0 Å². The zero-order chi connectivity index (χ0) is 17.8. The Bertz CT molecular complexity index is 884. The number of amides is 1. The molecule has 0 bridgehead atoms. The van der Waals surface area contributed by atoms with E-state index in [4.69, 9.17) is 0 Å². The van der Waals surface area contributed by atoms with Crippen molar-refractivity contribution in [3.05, 3.63) is 65.0 Å². The van der Waals surface area contributed by atoms with E-state index in [1.807, 2.05) is 23.1 Å². The van der Waals surface area contributed by atoms with Gasteiger partial charge in [-0.25, -0.2) is 0 Å². The smallest absolute Gasteiger partial charge is 0.223 e. The Balaban J connectivity index is 1.35. The Kier molecular flexibility index (Phi) is 5.61. The molecule has 2 nitrogen and oxygen atoms in total. The van der Waals surface area contributed by atoms with Gasteiger partial charge in [0.1, 0.15) is 0 Å². The number of carbonyl (C=O) groups is 1. The van der Waals surface area contributed by atoms with Crippen LogP contribution in [0.25, 0.3) is 10.1 Å². The van der Waals surface area contributed by atoms with E-state index >= 15 is 0 Å². The summed E-state index contributed by atoms with van der Waals surface area (Å²) in [5.74, 6) is 1.56. The van der Waals surface area contributed by atoms with Crippen molar-refractivity contribution >= 4 is 39.1 Å². The highest BCUT2D eigenvalue weighted by Gasteiger charge is 2.28. The molecular weight excluding hydrogens is 358 g/mol. The van der Waals surface area contributed by atoms with Gasteiger partial charge in [-0.1, -0.05) is 30.3 Å². The summed E-state index contributed by atoms with van der Waals surface area (Å²) in [4.78, 5) is 13.0. The van der Waals surface area contributed by atoms with Crippen LogP contribution in [0, 0.1) is 5.92 Å². The van der Waals surface area contributed by atoms with E-state index in [1.54, 1.807) is 0 Å². The maximum atomic E-state index is 11.7. The van der Waals surface area contributed by atoms with Crippen molar-refractivity contribution < 1.29 is 4.79 Å². The highest BCUT2D eigenvalue weighted by molar-refractivity contribution is 7.98. The number of fused-ring (bicyclic) bond motifs is 1. The number of benzene rings is 2. The predicted molar refractivity (Wildman–Crippen MR) is 112 cm³/mol. The summed E-state index contributed by atoms with van der Waals surface area (Å²) in [5.41, 5.74) is 2.77. The van der Waals surface area contributed by atoms with Gasteiger partial charge in [-0.15, -0.1) is 23.1 Å². The van der Waals surface area contributed by atoms with Gasteiger partial charge in [0.15, 0.2) is 0 Å². The minimum absolute atomic E-state index is 0.250. The summed E-state index contributed by atoms with van der Waals surface area (Å²) in [7, 11) is 0. The van der Waals surface area contributed by atoms with Crippen molar-refractivity contribution in [2.24, 2.45) is 5.92 Å². The lowest BCUT2D eigenvalue weighted by Crippen LogP contribution is -2.26. The van der Waals surface area contributed by atoms with Gasteiger partial charge in [0.05, 0.1) is 0 Å². The molecule has 0 aliphatic heterocycles. The number of rotatable bonds is 8. The number of thioether (sulfide) groups is 1. The highest BCUT2D eigenvalue weighted by atomic mass is 32.2. The standard InChI is InChI=1S/C22H23NOS2/c24-22(17-8-9-17)23-12-4-7-18-15-26-21-11-10-19(13-20(18)21)25-14-16-5-2-1-3-6-16/h1-3,5-6,10-11,13,15,17H,4,7-9,12,14H2,(H,23,24). The first kappa shape index (κ1) is 17.6. The zero-order valence-corrected chi connectivity index (χ0v) is 16.4. The molecule has 1 N–H and O–H groups in total. The Morgan fingerprint density at radius 2 is 2.00 bits per heavy atom. The minimum Gasteiger partial charge on any atom is -0.356 e. The SMILES string of the molecule is O=C(NCCCc1csc2ccc(SCc3ccccc3)cc12)C1CC1. The number of nitrogens with one attached hydrogen (secondary N) is 1. The van der Waals surface area contributed by atoms with E-state index in [9.17, 15) is 4.79 Å². The Hall–Kier alpha value is -1.78. The van der Waals surface area contributed by atoms with Crippen LogP contribution in [0.5, 0.6) is 0 Å². The molecule has 1 heterocycles. The van der Waals surface area contributed by atoms with E-state index < -0.39 is 0 Å². The minimum atomic E-state index is 0.250. The van der Waals surface area contributed by atoms with Gasteiger partial charge in [-0.3, -0.25) is 4.79 Å². The van der Waals surface area contributed by atoms with E-state index in [1.165, 1.54) is 26.1 Å². The summed E-state index contributed by atoms with van der Waals surface area (Å²) in [5, 5.41) is 6.72. The van der Waals surface area contributed by atoms with Crippen LogP contribution >= 0.6 is 23.1 Å². The molecule has 0 unspecified atom stereocenters. The normalized spacial score (nSPS) is 13.8. The third-order valence-electron chi connectivity index (χ3n) is 4.74. The molecule has 4 rings (SSSR count). The average molecular weight is 382 g/mol. The van der Waals surface area contributed by atoms with Gasteiger partial charge in [-0.2, -0.15) is 0 Å². The van der Waals surface area contributed by atoms with Gasteiger partial charge < -0.3 is 5.32 Å². The quantitative estimate of drug-likeness (QED) is 0.403. The molecule has 1 aliphatic carbocycles. The van der Waals surface area contributed by atoms with Gasteiger partial charge in [0.25, 0.3) is 0 Å². The van der Waals surface area contributed by atoms with Crippen LogP contribution in [0.3, 0.4) is 0 Å². The Morgan fingerprint density at radius 1 is 1.15 bits per heavy atom. The van der Waals surface area contributed by atoms with Crippen molar-refractivity contribution in [3.63, 3.8) is 0 Å². The van der Waals surface area contributed by atoms with Crippen LogP contribution in [-0.4, -0.2) is 12.5 Å². The fraction of sp³-hybridized carbons (Fsp3) is 0.318. The van der Waals surface area contributed by atoms with Crippen LogP contribution in [0.4, 0.5) is 0 Å². The first-order valence-electron chi connectivity index (χ1n) is 9.24. The lowest BCUT2D eigenvalue weighted by Gasteiger charge is -2.05. The molecule has 0 spiro atoms. The first-order valence-corrected chi connectivity index (χ1v) is 11.1. The summed E-state index contributed by atoms with van der Waals surface area (Å²) >= 11 is 3.71. The fourth-order valence-corrected chi connectivity index (χ4v) is 4.93. The highest BCUT2D eigenvalue weighted by Crippen LogP contribution is 2.32. The molecule has 0 radical (unpaired) electrons. The number of thiophene rings is 1. The van der Waals surface area contributed by atoms with Crippen molar-refractivity contribution in [2.45, 2.75) is 36.3 Å². The maximum Gasteiger partial charge on any atom is 0.223 e. The predicted octanol–water partition coefficient (Wildman–Crippen LogP) is 5.65. The second-order valence-corrected chi connectivity index (χ2v) is 8.82. The summed E-state index contributed by atoms with van der Waals surface area (Å²) in [6.45, 7) is 0.787. The van der Waals surface area contributed by atoms with E-state index in [0.717, 1.165) is 38.0 Å². The van der Waals surface area contributed by atoms with Gasteiger partial charge in [-0.05, 0) is 65.8 Å². The van der Waals surface area contributed by atoms with Gasteiger partial charge in [0, 0.05) is 27.8 Å². The molecule has 4 heteroatoms. The molecular formula is C22H23NOS2. The van der Waals surface area contributed by atoms with Crippen LogP contribution in [0.1, 0.15) is 30.4 Å². The fourth-order valence-electron chi connectivity index (χ4n) is 3.07. The second kappa shape index (κ2) is 8.28. The molecule has 26 heavy (non-hydrogen) atoms. The van der Waals surface area contributed by atoms with E-state index in [0.29, 0.717) is 5.92 Å². The Labute approximate surface area is 163 Å². The molecule has 1 saturated carbocycles. The van der Waals surface area contributed by atoms with Gasteiger partial charge in [0.2, 0.25) is 5.91 Å². The van der Waals surface area contributed by atoms with Crippen LogP contribution < -0.4 is 5.32 Å². The van der Waals surface area contributed by atoms with E-state index in [2.05, 4.69) is 59.2 Å².